The fraction of sp³-hybridized carbons (Fsp3) is 1.00. The van der Waals surface area contributed by atoms with Gasteiger partial charge in [0, 0.05) is 25.7 Å². The highest BCUT2D eigenvalue weighted by atomic mass is 15.2. The van der Waals surface area contributed by atoms with E-state index in [1.807, 2.05) is 0 Å². The molecular formula is C14H30N2. The zero-order valence-corrected chi connectivity index (χ0v) is 11.8. The van der Waals surface area contributed by atoms with Crippen LogP contribution in [0.5, 0.6) is 0 Å². The van der Waals surface area contributed by atoms with Crippen LogP contribution in [-0.4, -0.2) is 37.1 Å². The second kappa shape index (κ2) is 6.02. The van der Waals surface area contributed by atoms with Crippen molar-refractivity contribution >= 4 is 0 Å². The van der Waals surface area contributed by atoms with Crippen molar-refractivity contribution in [2.75, 3.05) is 26.2 Å². The summed E-state index contributed by atoms with van der Waals surface area (Å²) in [6.45, 7) is 16.4. The maximum Gasteiger partial charge on any atom is 0.0110 e. The summed E-state index contributed by atoms with van der Waals surface area (Å²) in [5.41, 5.74) is 0.461. The number of nitrogens with zero attached hydrogens (tertiary/aromatic N) is 1. The Morgan fingerprint density at radius 3 is 2.38 bits per heavy atom. The highest BCUT2D eigenvalue weighted by Gasteiger charge is 2.25. The molecule has 1 N–H and O–H groups in total. The molecule has 0 radical (unpaired) electrons. The van der Waals surface area contributed by atoms with Crippen molar-refractivity contribution in [2.45, 2.75) is 53.5 Å². The van der Waals surface area contributed by atoms with Crippen molar-refractivity contribution in [2.24, 2.45) is 11.3 Å². The van der Waals surface area contributed by atoms with Crippen molar-refractivity contribution in [1.29, 1.82) is 0 Å². The number of likely N-dealkylation sites (tertiary alicyclic amines) is 1. The van der Waals surface area contributed by atoms with Crippen LogP contribution in [0.25, 0.3) is 0 Å². The van der Waals surface area contributed by atoms with Crippen LogP contribution in [0.2, 0.25) is 0 Å². The number of hydrogen-bond donors (Lipinski definition) is 1. The Morgan fingerprint density at radius 2 is 1.88 bits per heavy atom. The standard InChI is InChI=1S/C14H30N2/c1-12-10-13(2)16(11-12)9-8-15-7-6-14(3,4)5/h12-13,15H,6-11H2,1-5H3. The van der Waals surface area contributed by atoms with E-state index in [4.69, 9.17) is 0 Å². The zero-order chi connectivity index (χ0) is 12.2. The molecule has 1 saturated heterocycles. The lowest BCUT2D eigenvalue weighted by Crippen LogP contribution is -2.35. The maximum atomic E-state index is 3.56. The molecule has 96 valence electrons. The first kappa shape index (κ1) is 14.0. The fourth-order valence-corrected chi connectivity index (χ4v) is 2.51. The van der Waals surface area contributed by atoms with E-state index in [0.717, 1.165) is 25.0 Å². The summed E-state index contributed by atoms with van der Waals surface area (Å²) >= 11 is 0. The largest absolute Gasteiger partial charge is 0.315 e. The van der Waals surface area contributed by atoms with Crippen LogP contribution in [0, 0.1) is 11.3 Å². The predicted molar refractivity (Wildman–Crippen MR) is 71.8 cm³/mol. The summed E-state index contributed by atoms with van der Waals surface area (Å²) < 4.78 is 0. The van der Waals surface area contributed by atoms with Gasteiger partial charge < -0.3 is 5.32 Å². The Balaban J connectivity index is 2.03. The summed E-state index contributed by atoms with van der Waals surface area (Å²) in [6.07, 6.45) is 2.64. The minimum atomic E-state index is 0.461. The van der Waals surface area contributed by atoms with E-state index in [2.05, 4.69) is 44.8 Å². The molecule has 0 bridgehead atoms. The molecule has 1 aliphatic heterocycles. The van der Waals surface area contributed by atoms with Crippen LogP contribution in [0.15, 0.2) is 0 Å². The van der Waals surface area contributed by atoms with Gasteiger partial charge in [0.15, 0.2) is 0 Å². The molecule has 0 aromatic rings. The first-order valence-electron chi connectivity index (χ1n) is 6.83. The summed E-state index contributed by atoms with van der Waals surface area (Å²) in [5, 5.41) is 3.56. The van der Waals surface area contributed by atoms with Gasteiger partial charge in [-0.3, -0.25) is 4.90 Å². The quantitative estimate of drug-likeness (QED) is 0.725. The van der Waals surface area contributed by atoms with E-state index in [1.54, 1.807) is 0 Å². The molecule has 1 heterocycles. The number of nitrogens with one attached hydrogen (secondary N) is 1. The fourth-order valence-electron chi connectivity index (χ4n) is 2.51. The lowest BCUT2D eigenvalue weighted by atomic mass is 9.92. The molecule has 0 spiro atoms. The van der Waals surface area contributed by atoms with E-state index < -0.39 is 0 Å². The molecule has 1 rings (SSSR count). The maximum absolute atomic E-state index is 3.56. The number of hydrogen-bond acceptors (Lipinski definition) is 2. The van der Waals surface area contributed by atoms with Gasteiger partial charge in [-0.15, -0.1) is 0 Å². The molecule has 1 fully saturated rings. The van der Waals surface area contributed by atoms with Gasteiger partial charge in [-0.2, -0.15) is 0 Å². The normalized spacial score (nSPS) is 27.6. The highest BCUT2D eigenvalue weighted by Crippen LogP contribution is 2.21. The molecule has 1 aliphatic rings. The van der Waals surface area contributed by atoms with Gasteiger partial charge in [0.05, 0.1) is 0 Å². The van der Waals surface area contributed by atoms with Crippen molar-refractivity contribution < 1.29 is 0 Å². The number of rotatable bonds is 5. The Kier molecular flexibility index (Phi) is 5.26. The van der Waals surface area contributed by atoms with Crippen LogP contribution in [-0.2, 0) is 0 Å². The SMILES string of the molecule is CC1CC(C)N(CCNCCC(C)(C)C)C1. The molecule has 2 heteroatoms. The predicted octanol–water partition coefficient (Wildman–Crippen LogP) is 2.74. The second-order valence-electron chi connectivity index (χ2n) is 6.75. The monoisotopic (exact) mass is 226 g/mol. The van der Waals surface area contributed by atoms with Gasteiger partial charge in [-0.1, -0.05) is 27.7 Å². The molecule has 0 saturated carbocycles. The first-order valence-corrected chi connectivity index (χ1v) is 6.83. The molecule has 2 nitrogen and oxygen atoms in total. The van der Waals surface area contributed by atoms with E-state index in [0.29, 0.717) is 5.41 Å². The van der Waals surface area contributed by atoms with Crippen LogP contribution in [0.4, 0.5) is 0 Å². The van der Waals surface area contributed by atoms with E-state index in [1.165, 1.54) is 25.9 Å². The summed E-state index contributed by atoms with van der Waals surface area (Å²) in [5.74, 6) is 0.893. The minimum absolute atomic E-state index is 0.461. The molecular weight excluding hydrogens is 196 g/mol. The first-order chi connectivity index (χ1) is 7.38. The second-order valence-corrected chi connectivity index (χ2v) is 6.75. The minimum Gasteiger partial charge on any atom is -0.315 e. The Hall–Kier alpha value is -0.0800. The van der Waals surface area contributed by atoms with E-state index in [-0.39, 0.29) is 0 Å². The topological polar surface area (TPSA) is 15.3 Å². The average Bonchev–Trinajstić information content (AvgIpc) is 2.42. The van der Waals surface area contributed by atoms with Gasteiger partial charge in [0.25, 0.3) is 0 Å². The van der Waals surface area contributed by atoms with Gasteiger partial charge in [0.1, 0.15) is 0 Å². The third kappa shape index (κ3) is 5.31. The molecule has 16 heavy (non-hydrogen) atoms. The average molecular weight is 226 g/mol. The molecule has 0 aromatic heterocycles. The van der Waals surface area contributed by atoms with Gasteiger partial charge in [-0.05, 0) is 37.6 Å². The molecule has 0 aromatic carbocycles. The summed E-state index contributed by atoms with van der Waals surface area (Å²) in [4.78, 5) is 2.62. The Bertz CT molecular complexity index is 195. The molecule has 0 aliphatic carbocycles. The summed E-state index contributed by atoms with van der Waals surface area (Å²) in [6, 6.07) is 0.791. The molecule has 2 atom stereocenters. The van der Waals surface area contributed by atoms with Crippen LogP contribution >= 0.6 is 0 Å². The van der Waals surface area contributed by atoms with Crippen molar-refractivity contribution in [3.8, 4) is 0 Å². The zero-order valence-electron chi connectivity index (χ0n) is 11.8. The van der Waals surface area contributed by atoms with Crippen molar-refractivity contribution in [3.63, 3.8) is 0 Å². The Morgan fingerprint density at radius 1 is 1.19 bits per heavy atom. The van der Waals surface area contributed by atoms with Gasteiger partial charge in [0.2, 0.25) is 0 Å². The van der Waals surface area contributed by atoms with E-state index in [9.17, 15) is 0 Å². The summed E-state index contributed by atoms with van der Waals surface area (Å²) in [7, 11) is 0. The van der Waals surface area contributed by atoms with Gasteiger partial charge in [-0.25, -0.2) is 0 Å². The van der Waals surface area contributed by atoms with E-state index >= 15 is 0 Å². The lowest BCUT2D eigenvalue weighted by molar-refractivity contribution is 0.262. The third-order valence-electron chi connectivity index (χ3n) is 3.54. The van der Waals surface area contributed by atoms with Gasteiger partial charge >= 0.3 is 0 Å². The van der Waals surface area contributed by atoms with Crippen LogP contribution in [0.1, 0.15) is 47.5 Å². The molecule has 2 unspecified atom stereocenters. The van der Waals surface area contributed by atoms with Crippen molar-refractivity contribution in [1.82, 2.24) is 10.2 Å². The Labute approximate surface area is 102 Å². The third-order valence-corrected chi connectivity index (χ3v) is 3.54. The smallest absolute Gasteiger partial charge is 0.0110 e. The van der Waals surface area contributed by atoms with Crippen molar-refractivity contribution in [3.05, 3.63) is 0 Å². The lowest BCUT2D eigenvalue weighted by Gasteiger charge is -2.22. The van der Waals surface area contributed by atoms with Crippen LogP contribution in [0.3, 0.4) is 0 Å². The molecule has 0 amide bonds. The highest BCUT2D eigenvalue weighted by molar-refractivity contribution is 4.80. The van der Waals surface area contributed by atoms with Crippen LogP contribution < -0.4 is 5.32 Å².